The van der Waals surface area contributed by atoms with Gasteiger partial charge in [-0.3, -0.25) is 0 Å². The van der Waals surface area contributed by atoms with Gasteiger partial charge in [0.2, 0.25) is 5.79 Å². The number of carbonyl (C=O) groups excluding carboxylic acids is 2. The van der Waals surface area contributed by atoms with E-state index in [4.69, 9.17) is 9.47 Å². The van der Waals surface area contributed by atoms with E-state index in [9.17, 15) is 14.7 Å². The van der Waals surface area contributed by atoms with E-state index in [1.54, 1.807) is 13.0 Å². The van der Waals surface area contributed by atoms with E-state index in [2.05, 4.69) is 0 Å². The molecule has 1 heterocycles. The predicted molar refractivity (Wildman–Crippen MR) is 76.1 cm³/mol. The normalized spacial score (nSPS) is 26.6. The molecule has 2 rings (SSSR count). The number of esters is 2. The third kappa shape index (κ3) is 3.08. The van der Waals surface area contributed by atoms with Crippen LogP contribution in [0.4, 0.5) is 0 Å². The quantitative estimate of drug-likeness (QED) is 0.592. The molecule has 2 aliphatic rings. The van der Waals surface area contributed by atoms with Gasteiger partial charge in [-0.25, -0.2) is 9.59 Å². The molecular formula is C16H20O5. The summed E-state index contributed by atoms with van der Waals surface area (Å²) in [5, 5.41) is 10.6. The highest BCUT2D eigenvalue weighted by atomic mass is 16.7. The topological polar surface area (TPSA) is 72.8 Å². The summed E-state index contributed by atoms with van der Waals surface area (Å²) in [6.45, 7) is 3.51. The van der Waals surface area contributed by atoms with Crippen molar-refractivity contribution in [3.8, 4) is 0 Å². The van der Waals surface area contributed by atoms with Crippen LogP contribution in [0.2, 0.25) is 0 Å². The average Bonchev–Trinajstić information content (AvgIpc) is 2.63. The summed E-state index contributed by atoms with van der Waals surface area (Å²) in [4.78, 5) is 23.5. The van der Waals surface area contributed by atoms with Crippen molar-refractivity contribution in [2.75, 3.05) is 7.11 Å². The maximum atomic E-state index is 11.7. The lowest BCUT2D eigenvalue weighted by molar-refractivity contribution is -0.181. The number of carbonyl (C=O) groups is 2. The smallest absolute Gasteiger partial charge is 0.336 e. The number of rotatable bonds is 1. The monoisotopic (exact) mass is 292 g/mol. The highest BCUT2D eigenvalue weighted by molar-refractivity contribution is 5.92. The van der Waals surface area contributed by atoms with Gasteiger partial charge in [-0.2, -0.15) is 0 Å². The minimum atomic E-state index is -1.60. The molecule has 1 aliphatic carbocycles. The minimum Gasteiger partial charge on any atom is -0.466 e. The van der Waals surface area contributed by atoms with E-state index in [0.717, 1.165) is 5.57 Å². The number of aliphatic hydroxyl groups is 1. The molecule has 1 atom stereocenters. The van der Waals surface area contributed by atoms with Crippen LogP contribution in [0.5, 0.6) is 0 Å². The van der Waals surface area contributed by atoms with E-state index in [1.807, 2.05) is 13.0 Å². The molecule has 1 aliphatic heterocycles. The van der Waals surface area contributed by atoms with Gasteiger partial charge in [0.1, 0.15) is 0 Å². The lowest BCUT2D eigenvalue weighted by Crippen LogP contribution is -2.32. The Morgan fingerprint density at radius 3 is 2.76 bits per heavy atom. The van der Waals surface area contributed by atoms with Crippen molar-refractivity contribution in [3.05, 3.63) is 34.4 Å². The first-order chi connectivity index (χ1) is 9.87. The summed E-state index contributed by atoms with van der Waals surface area (Å²) >= 11 is 0. The van der Waals surface area contributed by atoms with Gasteiger partial charge < -0.3 is 14.6 Å². The molecule has 1 N–H and O–H groups in total. The minimum absolute atomic E-state index is 0.257. The zero-order valence-electron chi connectivity index (χ0n) is 12.6. The van der Waals surface area contributed by atoms with Crippen molar-refractivity contribution in [1.29, 1.82) is 0 Å². The lowest BCUT2D eigenvalue weighted by Gasteiger charge is -2.26. The van der Waals surface area contributed by atoms with Crippen LogP contribution in [-0.4, -0.2) is 29.9 Å². The van der Waals surface area contributed by atoms with Gasteiger partial charge in [-0.15, -0.1) is 0 Å². The zero-order chi connectivity index (χ0) is 15.6. The van der Waals surface area contributed by atoms with E-state index in [0.29, 0.717) is 36.0 Å². The molecule has 0 fully saturated rings. The van der Waals surface area contributed by atoms with Crippen molar-refractivity contribution in [2.24, 2.45) is 0 Å². The van der Waals surface area contributed by atoms with Crippen LogP contribution in [0.25, 0.3) is 0 Å². The van der Waals surface area contributed by atoms with Gasteiger partial charge in [-0.05, 0) is 33.1 Å². The van der Waals surface area contributed by atoms with Crippen molar-refractivity contribution < 1.29 is 24.2 Å². The molecule has 5 nitrogen and oxygen atoms in total. The SMILES string of the molecule is COC(=O)C1=CCC2=C(C)C(=O)OC2(O)CC(C)=CCC1. The molecule has 0 saturated carbocycles. The summed E-state index contributed by atoms with van der Waals surface area (Å²) < 4.78 is 9.91. The Morgan fingerprint density at radius 2 is 2.10 bits per heavy atom. The van der Waals surface area contributed by atoms with Gasteiger partial charge in [0.15, 0.2) is 0 Å². The summed E-state index contributed by atoms with van der Waals surface area (Å²) in [5.74, 6) is -2.49. The summed E-state index contributed by atoms with van der Waals surface area (Å²) in [7, 11) is 1.34. The van der Waals surface area contributed by atoms with Crippen molar-refractivity contribution in [1.82, 2.24) is 0 Å². The van der Waals surface area contributed by atoms with Gasteiger partial charge in [0, 0.05) is 23.1 Å². The number of hydrogen-bond donors (Lipinski definition) is 1. The Hall–Kier alpha value is -1.88. The fourth-order valence-corrected chi connectivity index (χ4v) is 2.73. The highest BCUT2D eigenvalue weighted by Gasteiger charge is 2.44. The van der Waals surface area contributed by atoms with Crippen LogP contribution < -0.4 is 0 Å². The highest BCUT2D eigenvalue weighted by Crippen LogP contribution is 2.38. The number of allylic oxidation sites excluding steroid dienone is 2. The number of ether oxygens (including phenoxy) is 2. The molecule has 0 saturated heterocycles. The molecule has 0 aromatic heterocycles. The third-order valence-corrected chi connectivity index (χ3v) is 3.92. The maximum absolute atomic E-state index is 11.7. The van der Waals surface area contributed by atoms with Gasteiger partial charge in [0.25, 0.3) is 0 Å². The Kier molecular flexibility index (Phi) is 4.32. The zero-order valence-corrected chi connectivity index (χ0v) is 12.6. The first-order valence-electron chi connectivity index (χ1n) is 6.96. The Bertz CT molecular complexity index is 567. The van der Waals surface area contributed by atoms with Crippen molar-refractivity contribution in [2.45, 2.75) is 45.3 Å². The molecule has 0 bridgehead atoms. The molecule has 0 amide bonds. The summed E-state index contributed by atoms with van der Waals surface area (Å²) in [6.07, 6.45) is 5.46. The second-order valence-electron chi connectivity index (χ2n) is 5.47. The van der Waals surface area contributed by atoms with E-state index in [-0.39, 0.29) is 12.4 Å². The van der Waals surface area contributed by atoms with Gasteiger partial charge >= 0.3 is 11.9 Å². The predicted octanol–water partition coefficient (Wildman–Crippen LogP) is 2.17. The van der Waals surface area contributed by atoms with E-state index < -0.39 is 11.8 Å². The van der Waals surface area contributed by atoms with E-state index in [1.165, 1.54) is 7.11 Å². The first-order valence-corrected chi connectivity index (χ1v) is 6.96. The van der Waals surface area contributed by atoms with Crippen LogP contribution in [0, 0.1) is 0 Å². The van der Waals surface area contributed by atoms with Crippen molar-refractivity contribution >= 4 is 11.9 Å². The van der Waals surface area contributed by atoms with Crippen LogP contribution in [0.15, 0.2) is 34.4 Å². The third-order valence-electron chi connectivity index (χ3n) is 3.92. The van der Waals surface area contributed by atoms with Gasteiger partial charge in [-0.1, -0.05) is 17.7 Å². The van der Waals surface area contributed by atoms with Crippen molar-refractivity contribution in [3.63, 3.8) is 0 Å². The van der Waals surface area contributed by atoms with E-state index >= 15 is 0 Å². The molecule has 0 aromatic rings. The Morgan fingerprint density at radius 1 is 1.38 bits per heavy atom. The largest absolute Gasteiger partial charge is 0.466 e. The number of fused-ring (bicyclic) bond motifs is 1. The lowest BCUT2D eigenvalue weighted by atomic mass is 9.91. The molecule has 0 aromatic carbocycles. The first kappa shape index (κ1) is 15.5. The second kappa shape index (κ2) is 5.85. The van der Waals surface area contributed by atoms with Crippen LogP contribution in [0.1, 0.15) is 39.5 Å². The molecule has 114 valence electrons. The molecule has 1 unspecified atom stereocenters. The fourth-order valence-electron chi connectivity index (χ4n) is 2.73. The average molecular weight is 292 g/mol. The molecule has 0 spiro atoms. The Balaban J connectivity index is 2.42. The maximum Gasteiger partial charge on any atom is 0.336 e. The van der Waals surface area contributed by atoms with Crippen LogP contribution >= 0.6 is 0 Å². The van der Waals surface area contributed by atoms with Crippen LogP contribution in [0.3, 0.4) is 0 Å². The molecular weight excluding hydrogens is 272 g/mol. The second-order valence-corrected chi connectivity index (χ2v) is 5.47. The standard InChI is InChI=1S/C16H20O5/c1-10-5-4-6-12(15(18)20-3)7-8-13-11(2)14(17)21-16(13,19)9-10/h5,7,19H,4,6,8-9H2,1-3H3. The number of methoxy groups -OCH3 is 1. The molecule has 5 heteroatoms. The molecule has 21 heavy (non-hydrogen) atoms. The fraction of sp³-hybridized carbons (Fsp3) is 0.500. The summed E-state index contributed by atoms with van der Waals surface area (Å²) in [5.41, 5.74) is 2.39. The summed E-state index contributed by atoms with van der Waals surface area (Å²) in [6, 6.07) is 0. The number of hydrogen-bond acceptors (Lipinski definition) is 5. The van der Waals surface area contributed by atoms with Gasteiger partial charge in [0.05, 0.1) is 7.11 Å². The molecule has 0 radical (unpaired) electrons. The van der Waals surface area contributed by atoms with Crippen LogP contribution in [-0.2, 0) is 19.1 Å². The Labute approximate surface area is 123 Å².